The molecule has 8 heteroatoms. The average molecular weight is 325 g/mol. The van der Waals surface area contributed by atoms with Gasteiger partial charge in [-0.3, -0.25) is 9.58 Å². The van der Waals surface area contributed by atoms with Gasteiger partial charge < -0.3 is 20.1 Å². The second-order valence-corrected chi connectivity index (χ2v) is 5.88. The minimum Gasteiger partial charge on any atom is -0.383 e. The van der Waals surface area contributed by atoms with Crippen LogP contribution in [0.3, 0.4) is 0 Å². The van der Waals surface area contributed by atoms with Gasteiger partial charge in [-0.1, -0.05) is 0 Å². The van der Waals surface area contributed by atoms with E-state index in [0.29, 0.717) is 25.4 Å². The largest absolute Gasteiger partial charge is 0.383 e. The van der Waals surface area contributed by atoms with Crippen LogP contribution in [0.15, 0.2) is 12.4 Å². The van der Waals surface area contributed by atoms with E-state index >= 15 is 0 Å². The Morgan fingerprint density at radius 3 is 2.83 bits per heavy atom. The number of hydrogen-bond donors (Lipinski definition) is 2. The third kappa shape index (κ3) is 6.17. The van der Waals surface area contributed by atoms with Crippen LogP contribution in [-0.2, 0) is 16.0 Å². The number of urea groups is 1. The highest BCUT2D eigenvalue weighted by Gasteiger charge is 2.21. The summed E-state index contributed by atoms with van der Waals surface area (Å²) in [5, 5.41) is 9.79. The molecule has 0 aliphatic carbocycles. The van der Waals surface area contributed by atoms with E-state index in [1.165, 1.54) is 0 Å². The molecule has 2 amide bonds. The second kappa shape index (κ2) is 8.85. The highest BCUT2D eigenvalue weighted by Crippen LogP contribution is 2.09. The zero-order chi connectivity index (χ0) is 16.7. The number of carbonyl (C=O) groups excluding carboxylic acids is 1. The summed E-state index contributed by atoms with van der Waals surface area (Å²) in [5.41, 5.74) is 0.673. The number of aromatic nitrogens is 2. The van der Waals surface area contributed by atoms with E-state index < -0.39 is 0 Å². The molecule has 130 valence electrons. The van der Waals surface area contributed by atoms with Gasteiger partial charge in [-0.05, 0) is 13.8 Å². The number of anilines is 1. The van der Waals surface area contributed by atoms with Gasteiger partial charge in [-0.15, -0.1) is 0 Å². The summed E-state index contributed by atoms with van der Waals surface area (Å²) in [4.78, 5) is 14.2. The predicted molar refractivity (Wildman–Crippen MR) is 87.6 cm³/mol. The Morgan fingerprint density at radius 1 is 1.39 bits per heavy atom. The zero-order valence-corrected chi connectivity index (χ0v) is 14.1. The molecule has 0 bridgehead atoms. The molecule has 1 aromatic heterocycles. The minimum absolute atomic E-state index is 0.217. The highest BCUT2D eigenvalue weighted by molar-refractivity contribution is 5.88. The normalized spacial score (nSPS) is 22.0. The van der Waals surface area contributed by atoms with Crippen LogP contribution < -0.4 is 10.6 Å². The van der Waals surface area contributed by atoms with Gasteiger partial charge in [0, 0.05) is 39.5 Å². The van der Waals surface area contributed by atoms with Gasteiger partial charge in [0.05, 0.1) is 37.2 Å². The van der Waals surface area contributed by atoms with Crippen LogP contribution in [0, 0.1) is 0 Å². The van der Waals surface area contributed by atoms with Crippen molar-refractivity contribution in [1.82, 2.24) is 20.0 Å². The molecule has 8 nitrogen and oxygen atoms in total. The van der Waals surface area contributed by atoms with Gasteiger partial charge in [0.15, 0.2) is 0 Å². The van der Waals surface area contributed by atoms with E-state index in [-0.39, 0.29) is 18.2 Å². The molecule has 1 saturated heterocycles. The monoisotopic (exact) mass is 325 g/mol. The van der Waals surface area contributed by atoms with Crippen LogP contribution in [-0.4, -0.2) is 72.8 Å². The van der Waals surface area contributed by atoms with Gasteiger partial charge >= 0.3 is 6.03 Å². The molecule has 2 atom stereocenters. The van der Waals surface area contributed by atoms with Crippen molar-refractivity contribution in [3.63, 3.8) is 0 Å². The number of rotatable bonds is 7. The molecule has 0 spiro atoms. The van der Waals surface area contributed by atoms with Crippen molar-refractivity contribution in [2.75, 3.05) is 45.2 Å². The van der Waals surface area contributed by atoms with Crippen LogP contribution in [0.5, 0.6) is 0 Å². The lowest BCUT2D eigenvalue weighted by Gasteiger charge is -2.35. The molecule has 1 fully saturated rings. The number of nitrogens with one attached hydrogen (secondary N) is 2. The summed E-state index contributed by atoms with van der Waals surface area (Å²) >= 11 is 0. The first-order valence-electron chi connectivity index (χ1n) is 8.01. The predicted octanol–water partition coefficient (Wildman–Crippen LogP) is 0.760. The van der Waals surface area contributed by atoms with E-state index in [1.54, 1.807) is 24.2 Å². The van der Waals surface area contributed by atoms with E-state index in [2.05, 4.69) is 34.5 Å². The SMILES string of the molecule is COCCn1cc(NC(=O)NCCN2C[C@@H](C)O[C@@H](C)C2)cn1. The molecule has 1 aliphatic heterocycles. The average Bonchev–Trinajstić information content (AvgIpc) is 2.91. The first kappa shape index (κ1) is 17.7. The molecule has 0 radical (unpaired) electrons. The van der Waals surface area contributed by atoms with Gasteiger partial charge in [0.1, 0.15) is 0 Å². The van der Waals surface area contributed by atoms with Crippen LogP contribution >= 0.6 is 0 Å². The number of carbonyl (C=O) groups is 1. The molecule has 1 aromatic rings. The first-order chi connectivity index (χ1) is 11.1. The fourth-order valence-electron chi connectivity index (χ4n) is 2.71. The molecule has 2 heterocycles. The Hall–Kier alpha value is -1.64. The summed E-state index contributed by atoms with van der Waals surface area (Å²) in [5.74, 6) is 0. The maximum absolute atomic E-state index is 11.9. The zero-order valence-electron chi connectivity index (χ0n) is 14.1. The summed E-state index contributed by atoms with van der Waals surface area (Å²) < 4.78 is 12.4. The highest BCUT2D eigenvalue weighted by atomic mass is 16.5. The molecular formula is C15H27N5O3. The Kier molecular flexibility index (Phi) is 6.82. The van der Waals surface area contributed by atoms with E-state index in [0.717, 1.165) is 19.6 Å². The molecule has 1 aliphatic rings. The topological polar surface area (TPSA) is 80.7 Å². The number of methoxy groups -OCH3 is 1. The van der Waals surface area contributed by atoms with Crippen molar-refractivity contribution in [3.8, 4) is 0 Å². The first-order valence-corrected chi connectivity index (χ1v) is 8.01. The van der Waals surface area contributed by atoms with E-state index in [1.807, 2.05) is 0 Å². The standard InChI is InChI=1S/C15H27N5O3/c1-12-9-19(10-13(2)23-12)5-4-16-15(21)18-14-8-17-20(11-14)6-7-22-3/h8,11-13H,4-7,9-10H2,1-3H3,(H2,16,18,21)/t12-,13+. The van der Waals surface area contributed by atoms with Gasteiger partial charge in [0.2, 0.25) is 0 Å². The van der Waals surface area contributed by atoms with Crippen molar-refractivity contribution in [3.05, 3.63) is 12.4 Å². The van der Waals surface area contributed by atoms with Crippen LogP contribution in [0.1, 0.15) is 13.8 Å². The molecule has 0 unspecified atom stereocenters. The van der Waals surface area contributed by atoms with Gasteiger partial charge in [0.25, 0.3) is 0 Å². The van der Waals surface area contributed by atoms with Crippen LogP contribution in [0.4, 0.5) is 10.5 Å². The van der Waals surface area contributed by atoms with E-state index in [9.17, 15) is 4.79 Å². The fourth-order valence-corrected chi connectivity index (χ4v) is 2.71. The lowest BCUT2D eigenvalue weighted by Crippen LogP contribution is -2.48. The summed E-state index contributed by atoms with van der Waals surface area (Å²) in [7, 11) is 1.64. The number of morpholine rings is 1. The van der Waals surface area contributed by atoms with Crippen LogP contribution in [0.2, 0.25) is 0 Å². The quantitative estimate of drug-likeness (QED) is 0.774. The Balaban J connectivity index is 1.66. The lowest BCUT2D eigenvalue weighted by atomic mass is 10.2. The lowest BCUT2D eigenvalue weighted by molar-refractivity contribution is -0.0672. The van der Waals surface area contributed by atoms with Gasteiger partial charge in [-0.2, -0.15) is 5.10 Å². The number of nitrogens with zero attached hydrogens (tertiary/aromatic N) is 3. The van der Waals surface area contributed by atoms with Crippen molar-refractivity contribution >= 4 is 11.7 Å². The fraction of sp³-hybridized carbons (Fsp3) is 0.733. The maximum atomic E-state index is 11.9. The minimum atomic E-state index is -0.217. The molecule has 2 N–H and O–H groups in total. The number of hydrogen-bond acceptors (Lipinski definition) is 5. The smallest absolute Gasteiger partial charge is 0.319 e. The van der Waals surface area contributed by atoms with E-state index in [4.69, 9.17) is 9.47 Å². The molecule has 2 rings (SSSR count). The van der Waals surface area contributed by atoms with Gasteiger partial charge in [-0.25, -0.2) is 4.79 Å². The van der Waals surface area contributed by atoms with Crippen molar-refractivity contribution < 1.29 is 14.3 Å². The van der Waals surface area contributed by atoms with Crippen LogP contribution in [0.25, 0.3) is 0 Å². The summed E-state index contributed by atoms with van der Waals surface area (Å²) in [6.07, 6.45) is 3.89. The van der Waals surface area contributed by atoms with Crippen molar-refractivity contribution in [2.45, 2.75) is 32.6 Å². The Bertz CT molecular complexity index is 483. The second-order valence-electron chi connectivity index (χ2n) is 5.88. The number of amides is 2. The molecule has 0 saturated carbocycles. The maximum Gasteiger partial charge on any atom is 0.319 e. The number of ether oxygens (including phenoxy) is 2. The summed E-state index contributed by atoms with van der Waals surface area (Å²) in [6, 6.07) is -0.217. The Labute approximate surface area is 137 Å². The Morgan fingerprint density at radius 2 is 2.13 bits per heavy atom. The third-order valence-corrected chi connectivity index (χ3v) is 3.62. The third-order valence-electron chi connectivity index (χ3n) is 3.62. The molecule has 23 heavy (non-hydrogen) atoms. The molecular weight excluding hydrogens is 298 g/mol. The van der Waals surface area contributed by atoms with Crippen molar-refractivity contribution in [1.29, 1.82) is 0 Å². The molecule has 0 aromatic carbocycles. The summed E-state index contributed by atoms with van der Waals surface area (Å²) in [6.45, 7) is 8.62. The van der Waals surface area contributed by atoms with Crippen molar-refractivity contribution in [2.24, 2.45) is 0 Å².